The van der Waals surface area contributed by atoms with E-state index in [2.05, 4.69) is 41.4 Å². The van der Waals surface area contributed by atoms with Crippen molar-refractivity contribution in [3.8, 4) is 0 Å². The van der Waals surface area contributed by atoms with Gasteiger partial charge < -0.3 is 4.57 Å². The zero-order chi connectivity index (χ0) is 9.10. The highest BCUT2D eigenvalue weighted by Crippen LogP contribution is 2.04. The third kappa shape index (κ3) is 1.93. The van der Waals surface area contributed by atoms with Crippen LogP contribution in [0.15, 0.2) is 36.9 Å². The highest BCUT2D eigenvalue weighted by Gasteiger charge is 1.93. The summed E-state index contributed by atoms with van der Waals surface area (Å²) < 4.78 is 1.95. The Bertz CT molecular complexity index is 362. The van der Waals surface area contributed by atoms with Crippen molar-refractivity contribution < 1.29 is 0 Å². The molecule has 0 aliphatic carbocycles. The molecule has 1 aromatic carbocycles. The number of benzene rings is 1. The molecule has 0 fully saturated rings. The molecule has 2 rings (SSSR count). The first kappa shape index (κ1) is 7.98. The molecular weight excluding hydrogens is 162 g/mol. The van der Waals surface area contributed by atoms with E-state index in [0.717, 1.165) is 6.54 Å². The lowest BCUT2D eigenvalue weighted by atomic mass is 10.1. The molecule has 0 saturated carbocycles. The molecule has 0 N–H and O–H groups in total. The van der Waals surface area contributed by atoms with Crippen molar-refractivity contribution in [2.75, 3.05) is 0 Å². The topological polar surface area (TPSA) is 30.7 Å². The number of hydrogen-bond donors (Lipinski definition) is 0. The first-order valence-electron chi connectivity index (χ1n) is 4.22. The summed E-state index contributed by atoms with van der Waals surface area (Å²) in [5, 5.41) is 7.50. The van der Waals surface area contributed by atoms with Gasteiger partial charge in [0.1, 0.15) is 12.7 Å². The average Bonchev–Trinajstić information content (AvgIpc) is 2.62. The van der Waals surface area contributed by atoms with E-state index in [1.807, 2.05) is 4.57 Å². The Morgan fingerprint density at radius 2 is 1.69 bits per heavy atom. The molecule has 0 aliphatic heterocycles. The highest BCUT2D eigenvalue weighted by molar-refractivity contribution is 5.21. The zero-order valence-corrected chi connectivity index (χ0v) is 7.51. The van der Waals surface area contributed by atoms with Gasteiger partial charge in [0.25, 0.3) is 0 Å². The van der Waals surface area contributed by atoms with Crippen LogP contribution in [0.3, 0.4) is 0 Å². The number of aromatic nitrogens is 3. The van der Waals surface area contributed by atoms with Crippen LogP contribution in [0.4, 0.5) is 0 Å². The van der Waals surface area contributed by atoms with Crippen LogP contribution >= 0.6 is 0 Å². The van der Waals surface area contributed by atoms with Crippen molar-refractivity contribution in [2.45, 2.75) is 13.5 Å². The fraction of sp³-hybridized carbons (Fsp3) is 0.200. The average molecular weight is 173 g/mol. The van der Waals surface area contributed by atoms with Crippen LogP contribution in [0, 0.1) is 6.92 Å². The minimum atomic E-state index is 0.841. The van der Waals surface area contributed by atoms with Gasteiger partial charge in [-0.2, -0.15) is 0 Å². The Labute approximate surface area is 77.0 Å². The molecule has 0 bridgehead atoms. The summed E-state index contributed by atoms with van der Waals surface area (Å²) in [5.41, 5.74) is 2.55. The van der Waals surface area contributed by atoms with E-state index < -0.39 is 0 Å². The van der Waals surface area contributed by atoms with Gasteiger partial charge in [-0.15, -0.1) is 10.2 Å². The van der Waals surface area contributed by atoms with Crippen molar-refractivity contribution >= 4 is 0 Å². The highest BCUT2D eigenvalue weighted by atomic mass is 15.2. The van der Waals surface area contributed by atoms with Crippen LogP contribution in [0.1, 0.15) is 11.1 Å². The first-order chi connectivity index (χ1) is 6.34. The summed E-state index contributed by atoms with van der Waals surface area (Å²) in [6.07, 6.45) is 3.44. The maximum absolute atomic E-state index is 3.75. The molecule has 0 unspecified atom stereocenters. The van der Waals surface area contributed by atoms with E-state index in [-0.39, 0.29) is 0 Å². The third-order valence-electron chi connectivity index (χ3n) is 1.95. The number of aryl methyl sites for hydroxylation is 1. The molecule has 3 heteroatoms. The second kappa shape index (κ2) is 3.39. The van der Waals surface area contributed by atoms with Gasteiger partial charge >= 0.3 is 0 Å². The Morgan fingerprint density at radius 3 is 2.31 bits per heavy atom. The van der Waals surface area contributed by atoms with Crippen LogP contribution in [0.5, 0.6) is 0 Å². The van der Waals surface area contributed by atoms with E-state index in [9.17, 15) is 0 Å². The molecule has 0 atom stereocenters. The molecule has 1 heterocycles. The Kier molecular flexibility index (Phi) is 2.08. The van der Waals surface area contributed by atoms with Crippen molar-refractivity contribution in [2.24, 2.45) is 0 Å². The van der Waals surface area contributed by atoms with Gasteiger partial charge in [0, 0.05) is 6.54 Å². The van der Waals surface area contributed by atoms with E-state index in [1.165, 1.54) is 11.1 Å². The molecule has 2 aromatic rings. The lowest BCUT2D eigenvalue weighted by Crippen LogP contribution is -1.95. The summed E-state index contributed by atoms with van der Waals surface area (Å²) in [7, 11) is 0. The van der Waals surface area contributed by atoms with E-state index in [4.69, 9.17) is 0 Å². The molecule has 13 heavy (non-hydrogen) atoms. The Morgan fingerprint density at radius 1 is 1.08 bits per heavy atom. The van der Waals surface area contributed by atoms with Gasteiger partial charge in [0.15, 0.2) is 0 Å². The van der Waals surface area contributed by atoms with Crippen molar-refractivity contribution in [3.63, 3.8) is 0 Å². The van der Waals surface area contributed by atoms with Crippen molar-refractivity contribution in [1.29, 1.82) is 0 Å². The SMILES string of the molecule is Cc1ccc(Cn2cnnc2)cc1. The quantitative estimate of drug-likeness (QED) is 0.691. The maximum Gasteiger partial charge on any atom is 0.119 e. The molecule has 3 nitrogen and oxygen atoms in total. The smallest absolute Gasteiger partial charge is 0.119 e. The Balaban J connectivity index is 2.15. The second-order valence-corrected chi connectivity index (χ2v) is 3.12. The van der Waals surface area contributed by atoms with Crippen LogP contribution < -0.4 is 0 Å². The summed E-state index contributed by atoms with van der Waals surface area (Å²) in [6.45, 7) is 2.93. The number of rotatable bonds is 2. The number of hydrogen-bond acceptors (Lipinski definition) is 2. The molecular formula is C10H11N3. The van der Waals surface area contributed by atoms with Gasteiger partial charge in [-0.3, -0.25) is 0 Å². The van der Waals surface area contributed by atoms with Crippen LogP contribution in [-0.4, -0.2) is 14.8 Å². The first-order valence-corrected chi connectivity index (χ1v) is 4.22. The molecule has 0 amide bonds. The Hall–Kier alpha value is -1.64. The fourth-order valence-electron chi connectivity index (χ4n) is 1.21. The monoisotopic (exact) mass is 173 g/mol. The second-order valence-electron chi connectivity index (χ2n) is 3.12. The van der Waals surface area contributed by atoms with Gasteiger partial charge in [-0.25, -0.2) is 0 Å². The molecule has 66 valence electrons. The maximum atomic E-state index is 3.75. The molecule has 0 radical (unpaired) electrons. The van der Waals surface area contributed by atoms with Gasteiger partial charge in [-0.05, 0) is 12.5 Å². The van der Waals surface area contributed by atoms with Crippen LogP contribution in [-0.2, 0) is 6.54 Å². The molecule has 0 aliphatic rings. The summed E-state index contributed by atoms with van der Waals surface area (Å²) in [4.78, 5) is 0. The normalized spacial score (nSPS) is 10.2. The van der Waals surface area contributed by atoms with Crippen LogP contribution in [0.25, 0.3) is 0 Å². The summed E-state index contributed by atoms with van der Waals surface area (Å²) in [6, 6.07) is 8.46. The largest absolute Gasteiger partial charge is 0.316 e. The zero-order valence-electron chi connectivity index (χ0n) is 7.51. The third-order valence-corrected chi connectivity index (χ3v) is 1.95. The minimum absolute atomic E-state index is 0.841. The fourth-order valence-corrected chi connectivity index (χ4v) is 1.21. The van der Waals surface area contributed by atoms with E-state index in [1.54, 1.807) is 12.7 Å². The van der Waals surface area contributed by atoms with Crippen molar-refractivity contribution in [3.05, 3.63) is 48.0 Å². The predicted octanol–water partition coefficient (Wildman–Crippen LogP) is 1.63. The summed E-state index contributed by atoms with van der Waals surface area (Å²) >= 11 is 0. The van der Waals surface area contributed by atoms with Crippen LogP contribution in [0.2, 0.25) is 0 Å². The van der Waals surface area contributed by atoms with Gasteiger partial charge in [0.05, 0.1) is 0 Å². The summed E-state index contributed by atoms with van der Waals surface area (Å²) in [5.74, 6) is 0. The lowest BCUT2D eigenvalue weighted by Gasteiger charge is -2.01. The van der Waals surface area contributed by atoms with Gasteiger partial charge in [0.2, 0.25) is 0 Å². The van der Waals surface area contributed by atoms with Crippen molar-refractivity contribution in [1.82, 2.24) is 14.8 Å². The minimum Gasteiger partial charge on any atom is -0.316 e. The lowest BCUT2D eigenvalue weighted by molar-refractivity contribution is 0.794. The molecule has 0 spiro atoms. The number of nitrogens with zero attached hydrogens (tertiary/aromatic N) is 3. The standard InChI is InChI=1S/C10H11N3/c1-9-2-4-10(5-3-9)6-13-7-11-12-8-13/h2-5,7-8H,6H2,1H3. The predicted molar refractivity (Wildman–Crippen MR) is 50.3 cm³/mol. The van der Waals surface area contributed by atoms with E-state index >= 15 is 0 Å². The molecule has 0 saturated heterocycles. The molecule has 1 aromatic heterocycles. The van der Waals surface area contributed by atoms with Gasteiger partial charge in [-0.1, -0.05) is 29.8 Å². The van der Waals surface area contributed by atoms with E-state index in [0.29, 0.717) is 0 Å².